The molecular weight excluding hydrogens is 196 g/mol. The highest BCUT2D eigenvalue weighted by atomic mass is 16.2. The number of nitrogens with one attached hydrogen (secondary N) is 2. The number of hydrogen-bond donors (Lipinski definition) is 2. The van der Waals surface area contributed by atoms with Crippen molar-refractivity contribution in [1.29, 1.82) is 0 Å². The summed E-state index contributed by atoms with van der Waals surface area (Å²) in [7, 11) is 0. The van der Waals surface area contributed by atoms with E-state index in [2.05, 4.69) is 16.0 Å². The van der Waals surface area contributed by atoms with Crippen molar-refractivity contribution >= 4 is 17.5 Å². The van der Waals surface area contributed by atoms with Crippen molar-refractivity contribution in [3.8, 4) is 0 Å². The van der Waals surface area contributed by atoms with Crippen LogP contribution in [0, 0.1) is 0 Å². The molecule has 1 aliphatic rings. The lowest BCUT2D eigenvalue weighted by molar-refractivity contribution is -0.136. The first-order valence-electron chi connectivity index (χ1n) is 4.74. The van der Waals surface area contributed by atoms with Gasteiger partial charge in [0.05, 0.1) is 0 Å². The number of rotatable bonds is 2. The summed E-state index contributed by atoms with van der Waals surface area (Å²) in [4.78, 5) is 22.1. The third-order valence-electron chi connectivity index (χ3n) is 2.14. The Morgan fingerprint density at radius 3 is 2.53 bits per heavy atom. The van der Waals surface area contributed by atoms with Gasteiger partial charge in [0, 0.05) is 26.0 Å². The van der Waals surface area contributed by atoms with Crippen LogP contribution in [0.5, 0.6) is 0 Å². The highest BCUT2D eigenvalue weighted by Crippen LogP contribution is 2.23. The van der Waals surface area contributed by atoms with Gasteiger partial charge in [-0.15, -0.1) is 0 Å². The predicted octanol–water partition coefficient (Wildman–Crippen LogP) is -0.0286. The number of carbonyl (C=O) groups is 2. The van der Waals surface area contributed by atoms with Crippen LogP contribution in [0.2, 0.25) is 0 Å². The molecule has 0 aliphatic carbocycles. The first-order valence-corrected chi connectivity index (χ1v) is 4.74. The summed E-state index contributed by atoms with van der Waals surface area (Å²) in [6.07, 6.45) is 0.590. The van der Waals surface area contributed by atoms with Crippen LogP contribution in [0.3, 0.4) is 0 Å². The molecule has 0 radical (unpaired) electrons. The molecule has 0 aromatic carbocycles. The zero-order valence-electron chi connectivity index (χ0n) is 9.42. The quantitative estimate of drug-likeness (QED) is 0.631. The zero-order valence-corrected chi connectivity index (χ0v) is 9.42. The van der Waals surface area contributed by atoms with Crippen LogP contribution in [0.4, 0.5) is 0 Å². The minimum atomic E-state index is -0.665. The van der Waals surface area contributed by atoms with Gasteiger partial charge < -0.3 is 0 Å². The van der Waals surface area contributed by atoms with Crippen molar-refractivity contribution in [2.24, 2.45) is 5.10 Å². The topological polar surface area (TPSA) is 73.8 Å². The summed E-state index contributed by atoms with van der Waals surface area (Å²) >= 11 is 0. The fourth-order valence-corrected chi connectivity index (χ4v) is 1.63. The van der Waals surface area contributed by atoms with Gasteiger partial charge in [0.2, 0.25) is 11.8 Å². The number of amides is 2. The van der Waals surface area contributed by atoms with Gasteiger partial charge in [-0.3, -0.25) is 15.0 Å². The lowest BCUT2D eigenvalue weighted by atomic mass is 10.1. The highest BCUT2D eigenvalue weighted by molar-refractivity contribution is 5.88. The van der Waals surface area contributed by atoms with Gasteiger partial charge in [-0.1, -0.05) is 0 Å². The molecule has 1 aliphatic heterocycles. The SMILES string of the molecule is CC(=O)NNC1(C)CC(C)=NN1C(C)=O. The van der Waals surface area contributed by atoms with E-state index in [0.717, 1.165) is 5.71 Å². The Morgan fingerprint density at radius 1 is 1.47 bits per heavy atom. The molecule has 15 heavy (non-hydrogen) atoms. The van der Waals surface area contributed by atoms with Crippen molar-refractivity contribution in [2.45, 2.75) is 39.8 Å². The molecule has 2 amide bonds. The molecule has 6 nitrogen and oxygen atoms in total. The monoisotopic (exact) mass is 212 g/mol. The molecule has 1 atom stereocenters. The van der Waals surface area contributed by atoms with Gasteiger partial charge in [-0.25, -0.2) is 10.4 Å². The smallest absolute Gasteiger partial charge is 0.241 e. The standard InChI is InChI=1S/C9H16N4O2/c1-6-5-9(4,12-10-7(2)14)13(11-6)8(3)15/h12H,5H2,1-4H3,(H,10,14). The van der Waals surface area contributed by atoms with E-state index in [1.165, 1.54) is 18.9 Å². The van der Waals surface area contributed by atoms with Crippen LogP contribution in [-0.2, 0) is 9.59 Å². The zero-order chi connectivity index (χ0) is 11.6. The lowest BCUT2D eigenvalue weighted by Crippen LogP contribution is -2.59. The van der Waals surface area contributed by atoms with Gasteiger partial charge in [0.25, 0.3) is 0 Å². The van der Waals surface area contributed by atoms with Crippen LogP contribution in [0.1, 0.15) is 34.1 Å². The van der Waals surface area contributed by atoms with Crippen molar-refractivity contribution in [1.82, 2.24) is 15.9 Å². The van der Waals surface area contributed by atoms with E-state index >= 15 is 0 Å². The molecule has 1 rings (SSSR count). The highest BCUT2D eigenvalue weighted by Gasteiger charge is 2.39. The van der Waals surface area contributed by atoms with Gasteiger partial charge in [-0.2, -0.15) is 5.10 Å². The minimum Gasteiger partial charge on any atom is -0.290 e. The second-order valence-corrected chi connectivity index (χ2v) is 3.92. The predicted molar refractivity (Wildman–Crippen MR) is 55.6 cm³/mol. The van der Waals surface area contributed by atoms with Crippen molar-refractivity contribution in [3.63, 3.8) is 0 Å². The summed E-state index contributed by atoms with van der Waals surface area (Å²) in [5.41, 5.74) is 5.47. The molecule has 0 bridgehead atoms. The number of hydrazine groups is 1. The molecule has 6 heteroatoms. The average Bonchev–Trinajstić information content (AvgIpc) is 2.39. The lowest BCUT2D eigenvalue weighted by Gasteiger charge is -2.32. The van der Waals surface area contributed by atoms with Gasteiger partial charge in [0.1, 0.15) is 5.66 Å². The molecule has 0 fully saturated rings. The molecule has 0 aromatic heterocycles. The summed E-state index contributed by atoms with van der Waals surface area (Å²) < 4.78 is 0. The maximum atomic E-state index is 11.3. The molecule has 0 saturated carbocycles. The van der Waals surface area contributed by atoms with Crippen LogP contribution in [0.15, 0.2) is 5.10 Å². The van der Waals surface area contributed by atoms with Crippen molar-refractivity contribution in [3.05, 3.63) is 0 Å². The van der Waals surface area contributed by atoms with E-state index in [0.29, 0.717) is 6.42 Å². The molecule has 2 N–H and O–H groups in total. The van der Waals surface area contributed by atoms with Crippen molar-refractivity contribution < 1.29 is 9.59 Å². The van der Waals surface area contributed by atoms with Gasteiger partial charge >= 0.3 is 0 Å². The van der Waals surface area contributed by atoms with E-state index in [1.54, 1.807) is 0 Å². The number of nitrogens with zero attached hydrogens (tertiary/aromatic N) is 2. The fraction of sp³-hybridized carbons (Fsp3) is 0.667. The third kappa shape index (κ3) is 2.53. The summed E-state index contributed by atoms with van der Waals surface area (Å²) in [5, 5.41) is 5.45. The Kier molecular flexibility index (Phi) is 3.09. The van der Waals surface area contributed by atoms with Gasteiger partial charge in [-0.05, 0) is 13.8 Å². The van der Waals surface area contributed by atoms with E-state index in [9.17, 15) is 9.59 Å². The summed E-state index contributed by atoms with van der Waals surface area (Å²) in [6, 6.07) is 0. The molecular formula is C9H16N4O2. The minimum absolute atomic E-state index is 0.160. The van der Waals surface area contributed by atoms with Crippen LogP contribution < -0.4 is 10.9 Å². The fourth-order valence-electron chi connectivity index (χ4n) is 1.63. The summed E-state index contributed by atoms with van der Waals surface area (Å²) in [6.45, 7) is 6.49. The van der Waals surface area contributed by atoms with E-state index < -0.39 is 5.66 Å². The maximum Gasteiger partial charge on any atom is 0.241 e. The molecule has 84 valence electrons. The molecule has 1 unspecified atom stereocenters. The van der Waals surface area contributed by atoms with Crippen LogP contribution >= 0.6 is 0 Å². The normalized spacial score (nSPS) is 25.1. The van der Waals surface area contributed by atoms with E-state index in [1.807, 2.05) is 13.8 Å². The molecule has 0 aromatic rings. The van der Waals surface area contributed by atoms with Crippen LogP contribution in [-0.4, -0.2) is 28.2 Å². The van der Waals surface area contributed by atoms with Gasteiger partial charge in [0.15, 0.2) is 0 Å². The number of carbonyl (C=O) groups excluding carboxylic acids is 2. The van der Waals surface area contributed by atoms with E-state index in [4.69, 9.17) is 0 Å². The second kappa shape index (κ2) is 3.98. The molecule has 1 heterocycles. The Hall–Kier alpha value is -1.43. The first kappa shape index (κ1) is 11.6. The first-order chi connectivity index (χ1) is 6.85. The Bertz CT molecular complexity index is 326. The van der Waals surface area contributed by atoms with Crippen molar-refractivity contribution in [2.75, 3.05) is 0 Å². The van der Waals surface area contributed by atoms with E-state index in [-0.39, 0.29) is 11.8 Å². The summed E-state index contributed by atoms with van der Waals surface area (Å²) in [5.74, 6) is -0.364. The Labute approximate surface area is 88.7 Å². The average molecular weight is 212 g/mol. The number of hydrogen-bond acceptors (Lipinski definition) is 4. The second-order valence-electron chi connectivity index (χ2n) is 3.92. The van der Waals surface area contributed by atoms with Crippen LogP contribution in [0.25, 0.3) is 0 Å². The largest absolute Gasteiger partial charge is 0.290 e. The third-order valence-corrected chi connectivity index (χ3v) is 2.14. The molecule has 0 spiro atoms. The maximum absolute atomic E-state index is 11.3. The number of hydrazone groups is 1. The Morgan fingerprint density at radius 2 is 2.07 bits per heavy atom. The molecule has 0 saturated heterocycles. The Balaban J connectivity index is 2.75.